The quantitative estimate of drug-likeness (QED) is 0.676. The van der Waals surface area contributed by atoms with Crippen LogP contribution in [-0.2, 0) is 14.3 Å². The van der Waals surface area contributed by atoms with Crippen molar-refractivity contribution >= 4 is 17.6 Å². The van der Waals surface area contributed by atoms with Crippen molar-refractivity contribution in [2.24, 2.45) is 5.41 Å². The van der Waals surface area contributed by atoms with Gasteiger partial charge in [-0.15, -0.1) is 0 Å². The first-order chi connectivity index (χ1) is 9.19. The van der Waals surface area contributed by atoms with Gasteiger partial charge in [0, 0.05) is 5.69 Å². The minimum absolute atomic E-state index is 0.216. The summed E-state index contributed by atoms with van der Waals surface area (Å²) in [5, 5.41) is 0. The second kappa shape index (κ2) is 5.90. The van der Waals surface area contributed by atoms with Crippen LogP contribution in [0.3, 0.4) is 0 Å². The van der Waals surface area contributed by atoms with Crippen molar-refractivity contribution in [2.45, 2.75) is 20.8 Å². The third kappa shape index (κ3) is 3.46. The summed E-state index contributed by atoms with van der Waals surface area (Å²) in [6.07, 6.45) is 0. The molecular weight excluding hydrogens is 265 g/mol. The lowest BCUT2D eigenvalue weighted by Crippen LogP contribution is -2.32. The number of hydrogen-bond acceptors (Lipinski definition) is 5. The number of aryl methyl sites for hydroxylation is 1. The van der Waals surface area contributed by atoms with Crippen molar-refractivity contribution in [1.29, 1.82) is 0 Å². The highest BCUT2D eigenvalue weighted by molar-refractivity contribution is 5.91. The van der Waals surface area contributed by atoms with E-state index in [9.17, 15) is 14.0 Å². The second-order valence-corrected chi connectivity index (χ2v) is 5.15. The molecule has 0 unspecified atom stereocenters. The van der Waals surface area contributed by atoms with Crippen LogP contribution in [0, 0.1) is 18.2 Å². The van der Waals surface area contributed by atoms with E-state index in [1.165, 1.54) is 26.2 Å². The summed E-state index contributed by atoms with van der Waals surface area (Å²) in [4.78, 5) is 23.3. The maximum Gasteiger partial charge on any atom is 0.341 e. The van der Waals surface area contributed by atoms with Crippen molar-refractivity contribution in [3.63, 3.8) is 0 Å². The van der Waals surface area contributed by atoms with Crippen molar-refractivity contribution in [2.75, 3.05) is 19.5 Å². The molecule has 0 heterocycles. The van der Waals surface area contributed by atoms with E-state index in [-0.39, 0.29) is 23.4 Å². The molecular formula is C14H18FNO4. The highest BCUT2D eigenvalue weighted by Crippen LogP contribution is 2.21. The molecule has 0 saturated heterocycles. The van der Waals surface area contributed by atoms with E-state index in [1.54, 1.807) is 13.8 Å². The number of carbonyl (C=O) groups excluding carboxylic acids is 2. The molecule has 2 N–H and O–H groups in total. The Bertz CT molecular complexity index is 540. The molecule has 0 amide bonds. The predicted molar refractivity (Wildman–Crippen MR) is 71.6 cm³/mol. The summed E-state index contributed by atoms with van der Waals surface area (Å²) in [5.74, 6) is -2.07. The van der Waals surface area contributed by atoms with Crippen LogP contribution < -0.4 is 5.73 Å². The van der Waals surface area contributed by atoms with Gasteiger partial charge in [0.2, 0.25) is 0 Å². The minimum Gasteiger partial charge on any atom is -0.469 e. The van der Waals surface area contributed by atoms with E-state index in [1.807, 2.05) is 0 Å². The van der Waals surface area contributed by atoms with Crippen LogP contribution in [0.5, 0.6) is 0 Å². The van der Waals surface area contributed by atoms with Crippen LogP contribution in [0.4, 0.5) is 10.1 Å². The van der Waals surface area contributed by atoms with E-state index < -0.39 is 23.2 Å². The first-order valence-corrected chi connectivity index (χ1v) is 6.00. The van der Waals surface area contributed by atoms with Gasteiger partial charge in [-0.1, -0.05) is 0 Å². The Balaban J connectivity index is 2.86. The number of nitrogen functional groups attached to an aromatic ring is 1. The summed E-state index contributed by atoms with van der Waals surface area (Å²) in [7, 11) is 1.24. The van der Waals surface area contributed by atoms with Gasteiger partial charge in [0.05, 0.1) is 18.1 Å². The molecule has 0 spiro atoms. The SMILES string of the molecule is COC(=O)C(C)(C)COC(=O)c1cc(N)cc(C)c1F. The largest absolute Gasteiger partial charge is 0.469 e. The zero-order valence-electron chi connectivity index (χ0n) is 12.0. The molecule has 0 aliphatic heterocycles. The molecule has 0 radical (unpaired) electrons. The van der Waals surface area contributed by atoms with Crippen LogP contribution >= 0.6 is 0 Å². The molecule has 5 nitrogen and oxygen atoms in total. The van der Waals surface area contributed by atoms with Crippen LogP contribution in [-0.4, -0.2) is 25.7 Å². The Morgan fingerprint density at radius 3 is 2.50 bits per heavy atom. The van der Waals surface area contributed by atoms with Crippen molar-refractivity contribution in [1.82, 2.24) is 0 Å². The third-order valence-electron chi connectivity index (χ3n) is 2.80. The fourth-order valence-electron chi connectivity index (χ4n) is 1.60. The Labute approximate surface area is 116 Å². The van der Waals surface area contributed by atoms with Gasteiger partial charge < -0.3 is 15.2 Å². The zero-order valence-corrected chi connectivity index (χ0v) is 12.0. The Hall–Kier alpha value is -2.11. The van der Waals surface area contributed by atoms with Crippen LogP contribution in [0.15, 0.2) is 12.1 Å². The van der Waals surface area contributed by atoms with Crippen LogP contribution in [0.1, 0.15) is 29.8 Å². The van der Waals surface area contributed by atoms with Crippen LogP contribution in [0.25, 0.3) is 0 Å². The van der Waals surface area contributed by atoms with E-state index >= 15 is 0 Å². The molecule has 0 aliphatic rings. The van der Waals surface area contributed by atoms with Crippen molar-refractivity contribution < 1.29 is 23.5 Å². The average molecular weight is 283 g/mol. The maximum atomic E-state index is 13.8. The number of halogens is 1. The lowest BCUT2D eigenvalue weighted by Gasteiger charge is -2.21. The number of ether oxygens (including phenoxy) is 2. The molecule has 6 heteroatoms. The first-order valence-electron chi connectivity index (χ1n) is 6.00. The standard InChI is InChI=1S/C14H18FNO4/c1-8-5-9(16)6-10(11(8)15)12(17)20-7-14(2,3)13(18)19-4/h5-6H,7,16H2,1-4H3. The van der Waals surface area contributed by atoms with Gasteiger partial charge in [0.1, 0.15) is 12.4 Å². The summed E-state index contributed by atoms with van der Waals surface area (Å²) < 4.78 is 23.4. The fourth-order valence-corrected chi connectivity index (χ4v) is 1.60. The molecule has 0 aromatic heterocycles. The lowest BCUT2D eigenvalue weighted by atomic mass is 9.95. The van der Waals surface area contributed by atoms with Crippen molar-refractivity contribution in [3.8, 4) is 0 Å². The number of carbonyl (C=O) groups is 2. The third-order valence-corrected chi connectivity index (χ3v) is 2.80. The van der Waals surface area contributed by atoms with Gasteiger partial charge in [-0.2, -0.15) is 0 Å². The highest BCUT2D eigenvalue weighted by Gasteiger charge is 2.31. The van der Waals surface area contributed by atoms with Gasteiger partial charge in [0.25, 0.3) is 0 Å². The molecule has 110 valence electrons. The minimum atomic E-state index is -1.00. The monoisotopic (exact) mass is 283 g/mol. The topological polar surface area (TPSA) is 78.6 Å². The number of rotatable bonds is 4. The average Bonchev–Trinajstić information content (AvgIpc) is 2.39. The fraction of sp³-hybridized carbons (Fsp3) is 0.429. The zero-order chi connectivity index (χ0) is 15.5. The molecule has 20 heavy (non-hydrogen) atoms. The molecule has 0 aliphatic carbocycles. The number of hydrogen-bond donors (Lipinski definition) is 1. The van der Waals surface area contributed by atoms with Gasteiger partial charge in [-0.05, 0) is 38.5 Å². The summed E-state index contributed by atoms with van der Waals surface area (Å²) in [6.45, 7) is 4.41. The molecule has 1 rings (SSSR count). The Morgan fingerprint density at radius 2 is 1.95 bits per heavy atom. The molecule has 0 fully saturated rings. The number of nitrogens with two attached hydrogens (primary N) is 1. The first kappa shape index (κ1) is 15.9. The van der Waals surface area contributed by atoms with Crippen molar-refractivity contribution in [3.05, 3.63) is 29.1 Å². The highest BCUT2D eigenvalue weighted by atomic mass is 19.1. The predicted octanol–water partition coefficient (Wildman–Crippen LogP) is 2.07. The molecule has 1 aromatic rings. The van der Waals surface area contributed by atoms with E-state index in [2.05, 4.69) is 4.74 Å². The molecule has 0 atom stereocenters. The Morgan fingerprint density at radius 1 is 1.35 bits per heavy atom. The lowest BCUT2D eigenvalue weighted by molar-refractivity contribution is -0.152. The van der Waals surface area contributed by atoms with Gasteiger partial charge in [-0.25, -0.2) is 9.18 Å². The summed E-state index contributed by atoms with van der Waals surface area (Å²) in [5.41, 5.74) is 4.84. The Kier molecular flexibility index (Phi) is 4.70. The van der Waals surface area contributed by atoms with E-state index in [0.717, 1.165) is 0 Å². The molecule has 0 saturated carbocycles. The number of benzene rings is 1. The van der Waals surface area contributed by atoms with Crippen LogP contribution in [0.2, 0.25) is 0 Å². The van der Waals surface area contributed by atoms with Gasteiger partial charge in [-0.3, -0.25) is 4.79 Å². The van der Waals surface area contributed by atoms with E-state index in [4.69, 9.17) is 10.5 Å². The second-order valence-electron chi connectivity index (χ2n) is 5.15. The van der Waals surface area contributed by atoms with E-state index in [0.29, 0.717) is 0 Å². The summed E-state index contributed by atoms with van der Waals surface area (Å²) >= 11 is 0. The van der Waals surface area contributed by atoms with Gasteiger partial charge >= 0.3 is 11.9 Å². The molecule has 0 bridgehead atoms. The van der Waals surface area contributed by atoms with Gasteiger partial charge in [0.15, 0.2) is 0 Å². The summed E-state index contributed by atoms with van der Waals surface area (Å²) in [6, 6.07) is 2.63. The smallest absolute Gasteiger partial charge is 0.341 e. The maximum absolute atomic E-state index is 13.8. The normalized spacial score (nSPS) is 11.1. The number of anilines is 1. The number of methoxy groups -OCH3 is 1. The molecule has 1 aromatic carbocycles. The number of esters is 2.